The lowest BCUT2D eigenvalue weighted by molar-refractivity contribution is -0.114. The van der Waals surface area contributed by atoms with Crippen LogP contribution < -0.4 is 14.2 Å². The van der Waals surface area contributed by atoms with Crippen LogP contribution in [0.4, 0.5) is 0 Å². The number of rotatable bonds is 2. The molecule has 3 atom stereocenters. The van der Waals surface area contributed by atoms with Crippen molar-refractivity contribution in [3.05, 3.63) is 65.7 Å². The lowest BCUT2D eigenvalue weighted by atomic mass is 9.72. The van der Waals surface area contributed by atoms with E-state index in [4.69, 9.17) is 14.2 Å². The van der Waals surface area contributed by atoms with Crippen LogP contribution in [-0.4, -0.2) is 30.5 Å². The van der Waals surface area contributed by atoms with Crippen LogP contribution in [0.25, 0.3) is 10.8 Å². The molecule has 0 spiro atoms. The third-order valence-corrected chi connectivity index (χ3v) is 7.39. The zero-order valence-corrected chi connectivity index (χ0v) is 17.6. The van der Waals surface area contributed by atoms with Crippen molar-refractivity contribution in [2.24, 2.45) is 5.92 Å². The van der Waals surface area contributed by atoms with Gasteiger partial charge in [0.25, 0.3) is 0 Å². The second-order valence-corrected chi connectivity index (χ2v) is 8.93. The van der Waals surface area contributed by atoms with Crippen LogP contribution in [0.15, 0.2) is 54.6 Å². The second kappa shape index (κ2) is 6.64. The predicted octanol–water partition coefficient (Wildman–Crippen LogP) is 5.54. The molecule has 154 valence electrons. The molecule has 3 aromatic rings. The minimum atomic E-state index is -0.362. The van der Waals surface area contributed by atoms with Crippen molar-refractivity contribution in [2.45, 2.75) is 38.3 Å². The normalized spacial score (nSPS) is 27.8. The minimum absolute atomic E-state index is 0.208. The highest BCUT2D eigenvalue weighted by Gasteiger charge is 2.50. The molecule has 0 aromatic heterocycles. The number of nitrogens with zero attached hydrogens (tertiary/aromatic N) is 1. The summed E-state index contributed by atoms with van der Waals surface area (Å²) in [4.78, 5) is 2.53. The Hall–Kier alpha value is -2.72. The van der Waals surface area contributed by atoms with E-state index < -0.39 is 0 Å². The molecule has 0 aliphatic carbocycles. The van der Waals surface area contributed by atoms with Crippen LogP contribution in [-0.2, 0) is 0 Å². The Balaban J connectivity index is 1.58. The van der Waals surface area contributed by atoms with Crippen molar-refractivity contribution >= 4 is 10.8 Å². The summed E-state index contributed by atoms with van der Waals surface area (Å²) in [5, 5.41) is 2.59. The van der Waals surface area contributed by atoms with E-state index in [9.17, 15) is 0 Å². The van der Waals surface area contributed by atoms with Crippen LogP contribution >= 0.6 is 0 Å². The van der Waals surface area contributed by atoms with Gasteiger partial charge in [-0.15, -0.1) is 0 Å². The molecule has 0 amide bonds. The molecule has 3 aliphatic rings. The molecule has 6 rings (SSSR count). The van der Waals surface area contributed by atoms with Gasteiger partial charge in [0.1, 0.15) is 5.75 Å². The van der Waals surface area contributed by atoms with E-state index in [0.717, 1.165) is 30.3 Å². The van der Waals surface area contributed by atoms with Crippen molar-refractivity contribution < 1.29 is 14.2 Å². The maximum Gasteiger partial charge on any atom is 0.231 e. The van der Waals surface area contributed by atoms with E-state index in [-0.39, 0.29) is 24.4 Å². The smallest absolute Gasteiger partial charge is 0.231 e. The van der Waals surface area contributed by atoms with Crippen molar-refractivity contribution in [3.63, 3.8) is 0 Å². The fourth-order valence-corrected chi connectivity index (χ4v) is 5.64. The Bertz CT molecular complexity index is 1120. The van der Waals surface area contributed by atoms with Gasteiger partial charge in [-0.05, 0) is 42.2 Å². The highest BCUT2D eigenvalue weighted by molar-refractivity contribution is 5.87. The van der Waals surface area contributed by atoms with Gasteiger partial charge in [0.05, 0.1) is 0 Å². The van der Waals surface area contributed by atoms with E-state index in [2.05, 4.69) is 67.3 Å². The third kappa shape index (κ3) is 2.56. The van der Waals surface area contributed by atoms with Gasteiger partial charge in [-0.25, -0.2) is 0 Å². The molecule has 0 saturated carbocycles. The Labute approximate surface area is 177 Å². The number of likely N-dealkylation sites (tertiary alicyclic amines) is 1. The number of hydrogen-bond donors (Lipinski definition) is 0. The summed E-state index contributed by atoms with van der Waals surface area (Å²) >= 11 is 0. The Morgan fingerprint density at radius 3 is 2.43 bits per heavy atom. The minimum Gasteiger partial charge on any atom is -0.472 e. The van der Waals surface area contributed by atoms with Crippen LogP contribution in [0.1, 0.15) is 43.7 Å². The number of hydrogen-bond acceptors (Lipinski definition) is 4. The van der Waals surface area contributed by atoms with Crippen LogP contribution in [0.3, 0.4) is 0 Å². The van der Waals surface area contributed by atoms with Gasteiger partial charge in [-0.3, -0.25) is 4.90 Å². The molecule has 0 unspecified atom stereocenters. The number of benzene rings is 3. The van der Waals surface area contributed by atoms with Gasteiger partial charge >= 0.3 is 0 Å². The summed E-state index contributed by atoms with van der Waals surface area (Å²) in [5.41, 5.74) is 2.19. The SMILES string of the molecule is C[C@@H]1[C@@H](c2cccc3ccccc23)c2cc3c(cc2O[C@@]1(C)N1CCCC1)OCO3. The molecule has 0 bridgehead atoms. The van der Waals surface area contributed by atoms with Crippen molar-refractivity contribution in [2.75, 3.05) is 19.9 Å². The average Bonchev–Trinajstić information content (AvgIpc) is 3.45. The van der Waals surface area contributed by atoms with Crippen LogP contribution in [0.2, 0.25) is 0 Å². The summed E-state index contributed by atoms with van der Waals surface area (Å²) in [6, 6.07) is 19.5. The van der Waals surface area contributed by atoms with Gasteiger partial charge in [0.15, 0.2) is 17.2 Å². The van der Waals surface area contributed by atoms with Crippen molar-refractivity contribution in [1.82, 2.24) is 4.90 Å². The molecule has 30 heavy (non-hydrogen) atoms. The molecular formula is C26H27NO3. The lowest BCUT2D eigenvalue weighted by Gasteiger charge is -2.50. The van der Waals surface area contributed by atoms with E-state index in [1.54, 1.807) is 0 Å². The third-order valence-electron chi connectivity index (χ3n) is 7.39. The Morgan fingerprint density at radius 2 is 1.60 bits per heavy atom. The van der Waals surface area contributed by atoms with Crippen molar-refractivity contribution in [3.8, 4) is 17.2 Å². The molecule has 4 nitrogen and oxygen atoms in total. The monoisotopic (exact) mass is 401 g/mol. The molecule has 0 radical (unpaired) electrons. The van der Waals surface area contributed by atoms with Gasteiger partial charge in [-0.1, -0.05) is 49.4 Å². The molecule has 3 aliphatic heterocycles. The summed E-state index contributed by atoms with van der Waals surface area (Å²) < 4.78 is 18.2. The van der Waals surface area contributed by atoms with Gasteiger partial charge < -0.3 is 14.2 Å². The topological polar surface area (TPSA) is 30.9 Å². The standard InChI is InChI=1S/C26H27NO3/c1-17-25(20-11-7-9-18-8-3-4-10-19(18)20)21-14-23-24(29-16-28-23)15-22(21)30-26(17,2)27-12-5-6-13-27/h3-4,7-11,14-15,17,25H,5-6,12-13,16H2,1-2H3/t17-,25+,26-/m1/s1. The van der Waals surface area contributed by atoms with Gasteiger partial charge in [-0.2, -0.15) is 0 Å². The first kappa shape index (κ1) is 18.1. The van der Waals surface area contributed by atoms with Crippen LogP contribution in [0.5, 0.6) is 17.2 Å². The summed E-state index contributed by atoms with van der Waals surface area (Å²) in [7, 11) is 0. The molecule has 4 heteroatoms. The summed E-state index contributed by atoms with van der Waals surface area (Å²) in [6.07, 6.45) is 2.47. The van der Waals surface area contributed by atoms with Crippen LogP contribution in [0, 0.1) is 5.92 Å². The van der Waals surface area contributed by atoms with E-state index in [1.807, 2.05) is 6.07 Å². The quantitative estimate of drug-likeness (QED) is 0.564. The van der Waals surface area contributed by atoms with Gasteiger partial charge in [0.2, 0.25) is 6.79 Å². The number of ether oxygens (including phenoxy) is 3. The molecular weight excluding hydrogens is 374 g/mol. The first-order valence-corrected chi connectivity index (χ1v) is 11.0. The Kier molecular flexibility index (Phi) is 4.00. The first-order chi connectivity index (χ1) is 14.6. The second-order valence-electron chi connectivity index (χ2n) is 8.93. The van der Waals surface area contributed by atoms with E-state index >= 15 is 0 Å². The zero-order valence-electron chi connectivity index (χ0n) is 17.6. The number of fused-ring (bicyclic) bond motifs is 3. The zero-order chi connectivity index (χ0) is 20.3. The highest BCUT2D eigenvalue weighted by Crippen LogP contribution is 2.54. The highest BCUT2D eigenvalue weighted by atomic mass is 16.7. The molecule has 0 N–H and O–H groups in total. The Morgan fingerprint density at radius 1 is 0.867 bits per heavy atom. The summed E-state index contributed by atoms with van der Waals surface area (Å²) in [6.45, 7) is 7.06. The predicted molar refractivity (Wildman–Crippen MR) is 117 cm³/mol. The fraction of sp³-hybridized carbons (Fsp3) is 0.385. The van der Waals surface area contributed by atoms with E-state index in [0.29, 0.717) is 0 Å². The maximum atomic E-state index is 6.80. The van der Waals surface area contributed by atoms with Crippen molar-refractivity contribution in [1.29, 1.82) is 0 Å². The molecule has 3 aromatic carbocycles. The molecule has 1 saturated heterocycles. The molecule has 1 fully saturated rings. The largest absolute Gasteiger partial charge is 0.472 e. The average molecular weight is 402 g/mol. The fourth-order valence-electron chi connectivity index (χ4n) is 5.64. The molecule has 3 heterocycles. The maximum absolute atomic E-state index is 6.80. The lowest BCUT2D eigenvalue weighted by Crippen LogP contribution is -2.57. The van der Waals surface area contributed by atoms with E-state index in [1.165, 1.54) is 34.7 Å². The summed E-state index contributed by atoms with van der Waals surface area (Å²) in [5.74, 6) is 3.00. The van der Waals surface area contributed by atoms with Gasteiger partial charge in [0, 0.05) is 36.6 Å². The first-order valence-electron chi connectivity index (χ1n) is 11.0.